The molecule has 1 aromatic heterocycles. The summed E-state index contributed by atoms with van der Waals surface area (Å²) in [6, 6.07) is 2.83. The number of amides is 2. The van der Waals surface area contributed by atoms with Crippen LogP contribution >= 0.6 is 0 Å². The number of aromatic carboxylic acids is 1. The maximum absolute atomic E-state index is 11.7. The number of aromatic nitrogens is 1. The first-order chi connectivity index (χ1) is 9.65. The molecule has 1 fully saturated rings. The Hall–Kier alpha value is -2.15. The third-order valence-electron chi connectivity index (χ3n) is 2.99. The summed E-state index contributed by atoms with van der Waals surface area (Å²) in [5, 5.41) is 14.3. The van der Waals surface area contributed by atoms with Crippen molar-refractivity contribution in [2.75, 3.05) is 13.2 Å². The summed E-state index contributed by atoms with van der Waals surface area (Å²) < 4.78 is 5.27. The van der Waals surface area contributed by atoms with Gasteiger partial charge in [0, 0.05) is 19.3 Å². The highest BCUT2D eigenvalue weighted by molar-refractivity contribution is 5.85. The summed E-state index contributed by atoms with van der Waals surface area (Å²) in [6.07, 6.45) is 3.31. The topological polar surface area (TPSA) is 101 Å². The van der Waals surface area contributed by atoms with Crippen LogP contribution in [0.4, 0.5) is 4.79 Å². The molecule has 108 valence electrons. The first-order valence-electron chi connectivity index (χ1n) is 6.45. The zero-order valence-electron chi connectivity index (χ0n) is 11.0. The SMILES string of the molecule is O=C(NCc1ccc(C(=O)O)nc1)NC1CCCOC1. The molecule has 2 amide bonds. The van der Waals surface area contributed by atoms with Crippen molar-refractivity contribution in [1.29, 1.82) is 0 Å². The summed E-state index contributed by atoms with van der Waals surface area (Å²) in [5.74, 6) is -1.07. The molecule has 0 saturated carbocycles. The van der Waals surface area contributed by atoms with Crippen molar-refractivity contribution in [3.63, 3.8) is 0 Å². The van der Waals surface area contributed by atoms with Crippen LogP contribution < -0.4 is 10.6 Å². The third-order valence-corrected chi connectivity index (χ3v) is 2.99. The smallest absolute Gasteiger partial charge is 0.354 e. The fraction of sp³-hybridized carbons (Fsp3) is 0.462. The molecule has 0 aromatic carbocycles. The second kappa shape index (κ2) is 6.85. The van der Waals surface area contributed by atoms with Crippen LogP contribution in [0.5, 0.6) is 0 Å². The van der Waals surface area contributed by atoms with E-state index in [0.717, 1.165) is 25.0 Å². The molecule has 7 heteroatoms. The predicted molar refractivity (Wildman–Crippen MR) is 70.4 cm³/mol. The van der Waals surface area contributed by atoms with E-state index in [9.17, 15) is 9.59 Å². The van der Waals surface area contributed by atoms with Gasteiger partial charge in [-0.3, -0.25) is 0 Å². The zero-order chi connectivity index (χ0) is 14.4. The summed E-state index contributed by atoms with van der Waals surface area (Å²) in [5.41, 5.74) is 0.725. The number of pyridine rings is 1. The van der Waals surface area contributed by atoms with Crippen LogP contribution in [0.2, 0.25) is 0 Å². The minimum atomic E-state index is -1.07. The van der Waals surface area contributed by atoms with Crippen molar-refractivity contribution in [1.82, 2.24) is 15.6 Å². The van der Waals surface area contributed by atoms with Gasteiger partial charge < -0.3 is 20.5 Å². The van der Waals surface area contributed by atoms with E-state index in [0.29, 0.717) is 13.2 Å². The van der Waals surface area contributed by atoms with Gasteiger partial charge >= 0.3 is 12.0 Å². The van der Waals surface area contributed by atoms with Gasteiger partial charge in [-0.25, -0.2) is 14.6 Å². The quantitative estimate of drug-likeness (QED) is 0.755. The Balaban J connectivity index is 1.76. The van der Waals surface area contributed by atoms with Gasteiger partial charge in [-0.05, 0) is 24.5 Å². The Bertz CT molecular complexity index is 469. The number of hydrogen-bond donors (Lipinski definition) is 3. The third kappa shape index (κ3) is 4.20. The second-order valence-electron chi connectivity index (χ2n) is 4.60. The molecular weight excluding hydrogens is 262 g/mol. The lowest BCUT2D eigenvalue weighted by atomic mass is 10.1. The number of carboxylic acids is 1. The van der Waals surface area contributed by atoms with Crippen molar-refractivity contribution < 1.29 is 19.4 Å². The molecular formula is C13H17N3O4. The highest BCUT2D eigenvalue weighted by atomic mass is 16.5. The molecule has 1 aliphatic heterocycles. The van der Waals surface area contributed by atoms with E-state index < -0.39 is 5.97 Å². The molecule has 0 radical (unpaired) electrons. The van der Waals surface area contributed by atoms with E-state index in [-0.39, 0.29) is 17.8 Å². The summed E-state index contributed by atoms with van der Waals surface area (Å²) in [6.45, 7) is 1.59. The molecule has 20 heavy (non-hydrogen) atoms. The Morgan fingerprint density at radius 2 is 2.30 bits per heavy atom. The van der Waals surface area contributed by atoms with E-state index in [2.05, 4.69) is 15.6 Å². The van der Waals surface area contributed by atoms with E-state index in [1.54, 1.807) is 6.07 Å². The Morgan fingerprint density at radius 3 is 2.90 bits per heavy atom. The molecule has 7 nitrogen and oxygen atoms in total. The van der Waals surface area contributed by atoms with Gasteiger partial charge in [-0.1, -0.05) is 6.07 Å². The lowest BCUT2D eigenvalue weighted by Gasteiger charge is -2.23. The maximum atomic E-state index is 11.7. The van der Waals surface area contributed by atoms with E-state index in [1.165, 1.54) is 12.3 Å². The number of rotatable bonds is 4. The van der Waals surface area contributed by atoms with Gasteiger partial charge in [0.2, 0.25) is 0 Å². The van der Waals surface area contributed by atoms with Gasteiger partial charge in [-0.15, -0.1) is 0 Å². The van der Waals surface area contributed by atoms with Crippen molar-refractivity contribution in [3.8, 4) is 0 Å². The monoisotopic (exact) mass is 279 g/mol. The van der Waals surface area contributed by atoms with E-state index >= 15 is 0 Å². The molecule has 3 N–H and O–H groups in total. The van der Waals surface area contributed by atoms with Gasteiger partial charge in [-0.2, -0.15) is 0 Å². The summed E-state index contributed by atoms with van der Waals surface area (Å²) in [7, 11) is 0. The molecule has 0 bridgehead atoms. The van der Waals surface area contributed by atoms with Gasteiger partial charge in [0.05, 0.1) is 12.6 Å². The Labute approximate surface area is 116 Å². The zero-order valence-corrected chi connectivity index (χ0v) is 11.0. The van der Waals surface area contributed by atoms with Crippen LogP contribution in [0.3, 0.4) is 0 Å². The lowest BCUT2D eigenvalue weighted by molar-refractivity contribution is 0.0690. The average Bonchev–Trinajstić information content (AvgIpc) is 2.46. The Kier molecular flexibility index (Phi) is 4.89. The molecule has 1 aliphatic rings. The fourth-order valence-electron chi connectivity index (χ4n) is 1.93. The average molecular weight is 279 g/mol. The van der Waals surface area contributed by atoms with Crippen LogP contribution in [0.25, 0.3) is 0 Å². The summed E-state index contributed by atoms with van der Waals surface area (Å²) >= 11 is 0. The number of nitrogens with zero attached hydrogens (tertiary/aromatic N) is 1. The van der Waals surface area contributed by atoms with Crippen molar-refractivity contribution in [3.05, 3.63) is 29.6 Å². The highest BCUT2D eigenvalue weighted by Crippen LogP contribution is 2.05. The molecule has 0 aliphatic carbocycles. The molecule has 1 unspecified atom stereocenters. The number of ether oxygens (including phenoxy) is 1. The van der Waals surface area contributed by atoms with Gasteiger partial charge in [0.1, 0.15) is 5.69 Å². The number of carbonyl (C=O) groups is 2. The van der Waals surface area contributed by atoms with E-state index in [1.807, 2.05) is 0 Å². The molecule has 1 atom stereocenters. The molecule has 1 saturated heterocycles. The number of urea groups is 1. The van der Waals surface area contributed by atoms with Crippen molar-refractivity contribution in [2.45, 2.75) is 25.4 Å². The maximum Gasteiger partial charge on any atom is 0.354 e. The van der Waals surface area contributed by atoms with Gasteiger partial charge in [0.15, 0.2) is 0 Å². The number of carbonyl (C=O) groups excluding carboxylic acids is 1. The minimum Gasteiger partial charge on any atom is -0.477 e. The van der Waals surface area contributed by atoms with E-state index in [4.69, 9.17) is 9.84 Å². The second-order valence-corrected chi connectivity index (χ2v) is 4.60. The summed E-state index contributed by atoms with van der Waals surface area (Å²) in [4.78, 5) is 26.1. The van der Waals surface area contributed by atoms with Crippen molar-refractivity contribution >= 4 is 12.0 Å². The molecule has 0 spiro atoms. The lowest BCUT2D eigenvalue weighted by Crippen LogP contribution is -2.45. The highest BCUT2D eigenvalue weighted by Gasteiger charge is 2.15. The van der Waals surface area contributed by atoms with Crippen LogP contribution in [0, 0.1) is 0 Å². The molecule has 2 rings (SSSR count). The normalized spacial score (nSPS) is 18.3. The Morgan fingerprint density at radius 1 is 1.45 bits per heavy atom. The van der Waals surface area contributed by atoms with Crippen molar-refractivity contribution in [2.24, 2.45) is 0 Å². The largest absolute Gasteiger partial charge is 0.477 e. The van der Waals surface area contributed by atoms with Crippen LogP contribution in [-0.2, 0) is 11.3 Å². The first kappa shape index (κ1) is 14.3. The number of hydrogen-bond acceptors (Lipinski definition) is 4. The van der Waals surface area contributed by atoms with Gasteiger partial charge in [0.25, 0.3) is 0 Å². The standard InChI is InChI=1S/C13H17N3O4/c17-12(18)11-4-3-9(6-14-11)7-15-13(19)16-10-2-1-5-20-8-10/h3-4,6,10H,1-2,5,7-8H2,(H,17,18)(H2,15,16,19). The first-order valence-corrected chi connectivity index (χ1v) is 6.45. The minimum absolute atomic E-state index is 0.0162. The van der Waals surface area contributed by atoms with Crippen LogP contribution in [-0.4, -0.2) is 41.3 Å². The fourth-order valence-corrected chi connectivity index (χ4v) is 1.93. The molecule has 2 heterocycles. The molecule has 1 aromatic rings. The predicted octanol–water partition coefficient (Wildman–Crippen LogP) is 0.758. The van der Waals surface area contributed by atoms with Crippen LogP contribution in [0.15, 0.2) is 18.3 Å². The van der Waals surface area contributed by atoms with Crippen LogP contribution in [0.1, 0.15) is 28.9 Å². The number of carboxylic acid groups (broad SMARTS) is 1. The number of nitrogens with one attached hydrogen (secondary N) is 2.